The number of Topliss-reactive ketones (excluding diaryl/α,β-unsaturated/α-hetero) is 1. The lowest BCUT2D eigenvalue weighted by atomic mass is 9.91. The van der Waals surface area contributed by atoms with Gasteiger partial charge in [-0.3, -0.25) is 9.48 Å². The second kappa shape index (κ2) is 8.13. The van der Waals surface area contributed by atoms with Crippen LogP contribution in [-0.4, -0.2) is 15.6 Å². The highest BCUT2D eigenvalue weighted by Crippen LogP contribution is 2.18. The standard InChI is InChI=1S/C16H28N2O/c1-5-9-13(10-6-2)16(19)12-15-11-14(7-3)17-18(15)8-4/h11,13H,5-10,12H2,1-4H3. The van der Waals surface area contributed by atoms with Crippen LogP contribution in [0.15, 0.2) is 6.07 Å². The number of aryl methyl sites for hydroxylation is 2. The Labute approximate surface area is 117 Å². The van der Waals surface area contributed by atoms with Crippen molar-refractivity contribution in [1.82, 2.24) is 9.78 Å². The molecule has 1 aromatic rings. The molecule has 0 N–H and O–H groups in total. The van der Waals surface area contributed by atoms with Gasteiger partial charge in [0.2, 0.25) is 0 Å². The van der Waals surface area contributed by atoms with E-state index in [0.29, 0.717) is 12.2 Å². The minimum atomic E-state index is 0.236. The number of hydrogen-bond donors (Lipinski definition) is 0. The zero-order valence-corrected chi connectivity index (χ0v) is 12.9. The zero-order valence-electron chi connectivity index (χ0n) is 12.9. The minimum absolute atomic E-state index is 0.236. The molecule has 1 rings (SSSR count). The lowest BCUT2D eigenvalue weighted by Gasteiger charge is -2.14. The Morgan fingerprint density at radius 1 is 1.21 bits per heavy atom. The molecule has 1 aromatic heterocycles. The molecule has 0 fully saturated rings. The molecule has 3 heteroatoms. The number of aromatic nitrogens is 2. The van der Waals surface area contributed by atoms with Crippen molar-refractivity contribution in [3.8, 4) is 0 Å². The van der Waals surface area contributed by atoms with Gasteiger partial charge in [0, 0.05) is 24.6 Å². The van der Waals surface area contributed by atoms with E-state index in [1.54, 1.807) is 0 Å². The quantitative estimate of drug-likeness (QED) is 0.680. The van der Waals surface area contributed by atoms with E-state index in [0.717, 1.165) is 50.0 Å². The van der Waals surface area contributed by atoms with Gasteiger partial charge in [-0.2, -0.15) is 5.10 Å². The van der Waals surface area contributed by atoms with Gasteiger partial charge in [-0.15, -0.1) is 0 Å². The molecule has 3 nitrogen and oxygen atoms in total. The van der Waals surface area contributed by atoms with Crippen LogP contribution in [0.4, 0.5) is 0 Å². The van der Waals surface area contributed by atoms with Crippen LogP contribution in [0.25, 0.3) is 0 Å². The van der Waals surface area contributed by atoms with Crippen LogP contribution in [0.2, 0.25) is 0 Å². The molecule has 0 aliphatic heterocycles. The average Bonchev–Trinajstić information content (AvgIpc) is 2.80. The van der Waals surface area contributed by atoms with E-state index in [2.05, 4.69) is 38.9 Å². The SMILES string of the molecule is CCCC(CCC)C(=O)Cc1cc(CC)nn1CC. The Morgan fingerprint density at radius 3 is 2.32 bits per heavy atom. The molecule has 0 bridgehead atoms. The maximum absolute atomic E-state index is 12.4. The van der Waals surface area contributed by atoms with Gasteiger partial charge in [-0.25, -0.2) is 0 Å². The van der Waals surface area contributed by atoms with Gasteiger partial charge in [0.1, 0.15) is 5.78 Å². The molecule has 1 heterocycles. The minimum Gasteiger partial charge on any atom is -0.299 e. The lowest BCUT2D eigenvalue weighted by Crippen LogP contribution is -2.18. The van der Waals surface area contributed by atoms with E-state index in [9.17, 15) is 4.79 Å². The van der Waals surface area contributed by atoms with E-state index in [1.807, 2.05) is 4.68 Å². The molecule has 0 aliphatic carbocycles. The molecular weight excluding hydrogens is 236 g/mol. The highest BCUT2D eigenvalue weighted by Gasteiger charge is 2.19. The summed E-state index contributed by atoms with van der Waals surface area (Å²) in [7, 11) is 0. The summed E-state index contributed by atoms with van der Waals surface area (Å²) in [6, 6.07) is 2.09. The predicted molar refractivity (Wildman–Crippen MR) is 79.3 cm³/mol. The van der Waals surface area contributed by atoms with Crippen LogP contribution >= 0.6 is 0 Å². The van der Waals surface area contributed by atoms with Crippen LogP contribution in [0.3, 0.4) is 0 Å². The maximum atomic E-state index is 12.4. The van der Waals surface area contributed by atoms with Gasteiger partial charge in [0.05, 0.1) is 5.69 Å². The molecule has 0 unspecified atom stereocenters. The first kappa shape index (κ1) is 15.9. The maximum Gasteiger partial charge on any atom is 0.141 e. The fourth-order valence-electron chi connectivity index (χ4n) is 2.59. The van der Waals surface area contributed by atoms with Crippen molar-refractivity contribution in [2.24, 2.45) is 5.92 Å². The third kappa shape index (κ3) is 4.48. The fourth-order valence-corrected chi connectivity index (χ4v) is 2.59. The summed E-state index contributed by atoms with van der Waals surface area (Å²) >= 11 is 0. The summed E-state index contributed by atoms with van der Waals surface area (Å²) in [5, 5.41) is 4.52. The lowest BCUT2D eigenvalue weighted by molar-refractivity contribution is -0.122. The van der Waals surface area contributed by atoms with Gasteiger partial charge in [0.25, 0.3) is 0 Å². The number of nitrogens with zero attached hydrogens (tertiary/aromatic N) is 2. The average molecular weight is 264 g/mol. The van der Waals surface area contributed by atoms with E-state index in [4.69, 9.17) is 0 Å². The number of hydrogen-bond acceptors (Lipinski definition) is 2. The van der Waals surface area contributed by atoms with Crippen LogP contribution in [0, 0.1) is 5.92 Å². The number of carbonyl (C=O) groups excluding carboxylic acids is 1. The van der Waals surface area contributed by atoms with Crippen molar-refractivity contribution in [3.05, 3.63) is 17.5 Å². The van der Waals surface area contributed by atoms with Gasteiger partial charge in [-0.1, -0.05) is 33.6 Å². The molecule has 0 spiro atoms. The molecule has 19 heavy (non-hydrogen) atoms. The Kier molecular flexibility index (Phi) is 6.82. The van der Waals surface area contributed by atoms with Gasteiger partial charge >= 0.3 is 0 Å². The number of carbonyl (C=O) groups is 1. The van der Waals surface area contributed by atoms with Gasteiger partial charge in [0.15, 0.2) is 0 Å². The predicted octanol–water partition coefficient (Wildman–Crippen LogP) is 3.79. The molecular formula is C16H28N2O. The first-order valence-corrected chi connectivity index (χ1v) is 7.74. The first-order chi connectivity index (χ1) is 9.15. The third-order valence-corrected chi connectivity index (χ3v) is 3.66. The zero-order chi connectivity index (χ0) is 14.3. The molecule has 0 atom stereocenters. The summed E-state index contributed by atoms with van der Waals surface area (Å²) in [5.74, 6) is 0.626. The Hall–Kier alpha value is -1.12. The molecule has 0 radical (unpaired) electrons. The van der Waals surface area contributed by atoms with Gasteiger partial charge in [-0.05, 0) is 32.3 Å². The second-order valence-corrected chi connectivity index (χ2v) is 5.21. The van der Waals surface area contributed by atoms with E-state index in [1.165, 1.54) is 0 Å². The highest BCUT2D eigenvalue weighted by molar-refractivity contribution is 5.82. The molecule has 0 saturated heterocycles. The van der Waals surface area contributed by atoms with Crippen molar-refractivity contribution < 1.29 is 4.79 Å². The molecule has 0 saturated carbocycles. The van der Waals surface area contributed by atoms with Crippen molar-refractivity contribution >= 4 is 5.78 Å². The van der Waals surface area contributed by atoms with Gasteiger partial charge < -0.3 is 0 Å². The fraction of sp³-hybridized carbons (Fsp3) is 0.750. The van der Waals surface area contributed by atoms with E-state index in [-0.39, 0.29) is 5.92 Å². The van der Waals surface area contributed by atoms with E-state index >= 15 is 0 Å². The molecule has 0 aromatic carbocycles. The molecule has 108 valence electrons. The van der Waals surface area contributed by atoms with Crippen molar-refractivity contribution in [3.63, 3.8) is 0 Å². The second-order valence-electron chi connectivity index (χ2n) is 5.21. The number of ketones is 1. The van der Waals surface area contributed by atoms with Crippen LogP contribution in [0.1, 0.15) is 64.8 Å². The smallest absolute Gasteiger partial charge is 0.141 e. The van der Waals surface area contributed by atoms with E-state index < -0.39 is 0 Å². The summed E-state index contributed by atoms with van der Waals surface area (Å²) in [5.41, 5.74) is 2.17. The van der Waals surface area contributed by atoms with Crippen LogP contribution in [0.5, 0.6) is 0 Å². The van der Waals surface area contributed by atoms with Crippen molar-refractivity contribution in [2.45, 2.75) is 72.8 Å². The molecule has 0 amide bonds. The largest absolute Gasteiger partial charge is 0.299 e. The summed E-state index contributed by atoms with van der Waals surface area (Å²) in [6.07, 6.45) is 5.70. The van der Waals surface area contributed by atoms with Crippen molar-refractivity contribution in [1.29, 1.82) is 0 Å². The topological polar surface area (TPSA) is 34.9 Å². The summed E-state index contributed by atoms with van der Waals surface area (Å²) in [6.45, 7) is 9.33. The molecule has 0 aliphatic rings. The Bertz CT molecular complexity index is 389. The Morgan fingerprint density at radius 2 is 1.84 bits per heavy atom. The normalized spacial score (nSPS) is 11.2. The first-order valence-electron chi connectivity index (χ1n) is 7.74. The number of rotatable bonds is 9. The monoisotopic (exact) mass is 264 g/mol. The summed E-state index contributed by atoms with van der Waals surface area (Å²) < 4.78 is 1.98. The highest BCUT2D eigenvalue weighted by atomic mass is 16.1. The third-order valence-electron chi connectivity index (χ3n) is 3.66. The summed E-state index contributed by atoms with van der Waals surface area (Å²) in [4.78, 5) is 12.4. The van der Waals surface area contributed by atoms with Crippen LogP contribution < -0.4 is 0 Å². The van der Waals surface area contributed by atoms with Crippen molar-refractivity contribution in [2.75, 3.05) is 0 Å². The van der Waals surface area contributed by atoms with Crippen LogP contribution in [-0.2, 0) is 24.2 Å². The Balaban J connectivity index is 2.76.